The van der Waals surface area contributed by atoms with Gasteiger partial charge in [-0.1, -0.05) is 0 Å². The molecule has 0 rings (SSSR count). The molecular formula is C2H2F2HgO2. The van der Waals surface area contributed by atoms with Gasteiger partial charge in [-0.3, -0.25) is 0 Å². The molecule has 0 fully saturated rings. The molecule has 0 aromatic heterocycles. The molecule has 0 saturated carbocycles. The minimum absolute atomic E-state index is 0. The van der Waals surface area contributed by atoms with Gasteiger partial charge in [-0.25, -0.2) is 4.79 Å². The fourth-order valence-corrected chi connectivity index (χ4v) is 0. The summed E-state index contributed by atoms with van der Waals surface area (Å²) in [7, 11) is 0. The first-order valence-corrected chi connectivity index (χ1v) is 1.15. The maximum absolute atomic E-state index is 10.6. The van der Waals surface area contributed by atoms with Gasteiger partial charge in [-0.05, 0) is 0 Å². The summed E-state index contributed by atoms with van der Waals surface area (Å²) in [5.74, 6) is -2.07. The van der Waals surface area contributed by atoms with Crippen LogP contribution in [0.15, 0.2) is 0 Å². The Balaban J connectivity index is 0. The van der Waals surface area contributed by atoms with Gasteiger partial charge in [-0.15, -0.1) is 0 Å². The normalized spacial score (nSPS) is 7.86. The Morgan fingerprint density at radius 3 is 1.71 bits per heavy atom. The van der Waals surface area contributed by atoms with Crippen LogP contribution in [0.3, 0.4) is 0 Å². The molecule has 5 heteroatoms. The second-order valence-electron chi connectivity index (χ2n) is 0.639. The standard InChI is InChI=1S/C2H2F2O2.Hg/c3-1(4)2(5)6;/h1H,(H,5,6);. The van der Waals surface area contributed by atoms with E-state index in [1.165, 1.54) is 0 Å². The fourth-order valence-electron chi connectivity index (χ4n) is 0. The number of alkyl halides is 2. The summed E-state index contributed by atoms with van der Waals surface area (Å²) in [6.07, 6.45) is -3.23. The predicted octanol–water partition coefficient (Wildman–Crippen LogP) is 0.334. The molecule has 2 nitrogen and oxygen atoms in total. The minimum atomic E-state index is -3.23. The number of hydrogen-bond donors (Lipinski definition) is 1. The SMILES string of the molecule is O=C(O)C(F)F.[Hg]. The fraction of sp³-hybridized carbons (Fsp3) is 0.500. The molecule has 0 unspecified atom stereocenters. The van der Waals surface area contributed by atoms with E-state index in [2.05, 4.69) is 0 Å². The molecule has 0 aliphatic carbocycles. The Hall–Kier alpha value is 0.265. The third-order valence-corrected chi connectivity index (χ3v) is 0.187. The molecule has 0 spiro atoms. The summed E-state index contributed by atoms with van der Waals surface area (Å²) in [5.41, 5.74) is 0. The molecule has 0 atom stereocenters. The maximum Gasteiger partial charge on any atom is 0.371 e. The first-order chi connectivity index (χ1) is 2.64. The molecule has 0 aliphatic heterocycles. The van der Waals surface area contributed by atoms with Crippen LogP contribution >= 0.6 is 0 Å². The van der Waals surface area contributed by atoms with E-state index in [0.29, 0.717) is 0 Å². The van der Waals surface area contributed by atoms with Gasteiger partial charge >= 0.3 is 12.4 Å². The van der Waals surface area contributed by atoms with Gasteiger partial charge in [-0.2, -0.15) is 8.78 Å². The molecular weight excluding hydrogens is 295 g/mol. The van der Waals surface area contributed by atoms with Crippen LogP contribution in [0.5, 0.6) is 0 Å². The van der Waals surface area contributed by atoms with E-state index < -0.39 is 12.4 Å². The van der Waals surface area contributed by atoms with E-state index in [9.17, 15) is 8.78 Å². The van der Waals surface area contributed by atoms with Crippen LogP contribution in [0.1, 0.15) is 0 Å². The number of hydrogen-bond acceptors (Lipinski definition) is 1. The van der Waals surface area contributed by atoms with E-state index in [-0.39, 0.29) is 27.7 Å². The van der Waals surface area contributed by atoms with Crippen LogP contribution in [0.2, 0.25) is 0 Å². The maximum atomic E-state index is 10.6. The van der Waals surface area contributed by atoms with E-state index in [1.54, 1.807) is 0 Å². The first kappa shape index (κ1) is 10.3. The van der Waals surface area contributed by atoms with Crippen molar-refractivity contribution in [3.05, 3.63) is 0 Å². The number of carboxylic acids is 1. The topological polar surface area (TPSA) is 37.3 Å². The Morgan fingerprint density at radius 1 is 1.57 bits per heavy atom. The molecule has 7 heavy (non-hydrogen) atoms. The van der Waals surface area contributed by atoms with Crippen molar-refractivity contribution in [3.63, 3.8) is 0 Å². The van der Waals surface area contributed by atoms with Crippen molar-refractivity contribution < 1.29 is 46.4 Å². The van der Waals surface area contributed by atoms with Crippen molar-refractivity contribution >= 4 is 5.97 Å². The Kier molecular flexibility index (Phi) is 6.50. The zero-order valence-corrected chi connectivity index (χ0v) is 8.89. The van der Waals surface area contributed by atoms with Gasteiger partial charge in [0.25, 0.3) is 0 Å². The van der Waals surface area contributed by atoms with Crippen molar-refractivity contribution in [3.8, 4) is 0 Å². The molecule has 0 heterocycles. The van der Waals surface area contributed by atoms with Crippen LogP contribution in [0.4, 0.5) is 8.78 Å². The summed E-state index contributed by atoms with van der Waals surface area (Å²) >= 11 is 0. The number of halogens is 2. The van der Waals surface area contributed by atoms with Gasteiger partial charge in [0.1, 0.15) is 0 Å². The summed E-state index contributed by atoms with van der Waals surface area (Å²) < 4.78 is 21.1. The van der Waals surface area contributed by atoms with Crippen LogP contribution in [0.25, 0.3) is 0 Å². The van der Waals surface area contributed by atoms with Gasteiger partial charge in [0.2, 0.25) is 0 Å². The third-order valence-electron chi connectivity index (χ3n) is 0.187. The van der Waals surface area contributed by atoms with E-state index in [0.717, 1.165) is 0 Å². The Labute approximate surface area is 59.0 Å². The number of rotatable bonds is 1. The summed E-state index contributed by atoms with van der Waals surface area (Å²) in [5, 5.41) is 7.24. The third kappa shape index (κ3) is 6.27. The first-order valence-electron chi connectivity index (χ1n) is 1.15. The van der Waals surface area contributed by atoms with Crippen molar-refractivity contribution in [1.82, 2.24) is 0 Å². The smallest absolute Gasteiger partial charge is 0.371 e. The van der Waals surface area contributed by atoms with Crippen LogP contribution < -0.4 is 0 Å². The predicted molar refractivity (Wildman–Crippen MR) is 13.6 cm³/mol. The van der Waals surface area contributed by atoms with Gasteiger partial charge in [0, 0.05) is 27.7 Å². The second kappa shape index (κ2) is 4.42. The molecule has 0 aromatic carbocycles. The van der Waals surface area contributed by atoms with E-state index in [4.69, 9.17) is 9.90 Å². The zero-order chi connectivity index (χ0) is 5.15. The molecule has 0 bridgehead atoms. The Morgan fingerprint density at radius 2 is 1.71 bits per heavy atom. The number of carbonyl (C=O) groups is 1. The number of aliphatic carboxylic acids is 1. The van der Waals surface area contributed by atoms with Crippen LogP contribution in [0, 0.1) is 0 Å². The summed E-state index contributed by atoms with van der Waals surface area (Å²) in [6, 6.07) is 0. The second-order valence-corrected chi connectivity index (χ2v) is 0.639. The zero-order valence-electron chi connectivity index (χ0n) is 3.40. The number of carboxylic acid groups (broad SMARTS) is 1. The monoisotopic (exact) mass is 298 g/mol. The molecule has 0 aliphatic rings. The summed E-state index contributed by atoms with van der Waals surface area (Å²) in [4.78, 5) is 8.95. The van der Waals surface area contributed by atoms with E-state index >= 15 is 0 Å². The van der Waals surface area contributed by atoms with Crippen molar-refractivity contribution in [2.75, 3.05) is 0 Å². The molecule has 0 radical (unpaired) electrons. The molecule has 0 amide bonds. The molecule has 0 aromatic rings. The van der Waals surface area contributed by atoms with Crippen LogP contribution in [-0.2, 0) is 32.5 Å². The Bertz CT molecular complexity index is 64.7. The quantitative estimate of drug-likeness (QED) is 0.708. The van der Waals surface area contributed by atoms with Crippen molar-refractivity contribution in [1.29, 1.82) is 0 Å². The average molecular weight is 297 g/mol. The van der Waals surface area contributed by atoms with Gasteiger partial charge in [0.05, 0.1) is 0 Å². The van der Waals surface area contributed by atoms with Gasteiger partial charge < -0.3 is 5.11 Å². The average Bonchev–Trinajstić information content (AvgIpc) is 1.36. The van der Waals surface area contributed by atoms with Crippen LogP contribution in [-0.4, -0.2) is 17.5 Å². The largest absolute Gasteiger partial charge is 0.477 e. The van der Waals surface area contributed by atoms with Crippen molar-refractivity contribution in [2.24, 2.45) is 0 Å². The molecule has 0 saturated heterocycles. The molecule has 38 valence electrons. The summed E-state index contributed by atoms with van der Waals surface area (Å²) in [6.45, 7) is 0. The van der Waals surface area contributed by atoms with Gasteiger partial charge in [0.15, 0.2) is 0 Å². The van der Waals surface area contributed by atoms with E-state index in [1.807, 2.05) is 0 Å². The minimum Gasteiger partial charge on any atom is -0.477 e. The molecule has 1 N–H and O–H groups in total. The van der Waals surface area contributed by atoms with Crippen molar-refractivity contribution in [2.45, 2.75) is 6.43 Å².